The summed E-state index contributed by atoms with van der Waals surface area (Å²) in [5.41, 5.74) is -0.656. The maximum absolute atomic E-state index is 12.2. The number of halogens is 2. The van der Waals surface area contributed by atoms with Gasteiger partial charge in [-0.25, -0.2) is 23.1 Å². The van der Waals surface area contributed by atoms with Gasteiger partial charge in [0.2, 0.25) is 5.95 Å². The predicted octanol–water partition coefficient (Wildman–Crippen LogP) is 2.49. The number of hydrogen-bond donors (Lipinski definition) is 1. The van der Waals surface area contributed by atoms with Gasteiger partial charge in [0.15, 0.2) is 4.90 Å². The third-order valence-corrected chi connectivity index (χ3v) is 4.08. The zero-order valence-corrected chi connectivity index (χ0v) is 12.4. The molecule has 0 aliphatic rings. The second-order valence-electron chi connectivity index (χ2n) is 3.68. The molecular formula is C10H6Cl2N4O4S. The molecule has 0 unspecified atom stereocenters. The number of nitro groups is 1. The highest BCUT2D eigenvalue weighted by molar-refractivity contribution is 7.92. The van der Waals surface area contributed by atoms with Crippen molar-refractivity contribution in [3.8, 4) is 0 Å². The number of nitrogens with one attached hydrogen (secondary N) is 1. The molecule has 0 atom stereocenters. The highest BCUT2D eigenvalue weighted by atomic mass is 35.5. The summed E-state index contributed by atoms with van der Waals surface area (Å²) >= 11 is 11.2. The molecule has 1 aromatic heterocycles. The summed E-state index contributed by atoms with van der Waals surface area (Å²) < 4.78 is 26.3. The van der Waals surface area contributed by atoms with Crippen molar-refractivity contribution in [2.75, 3.05) is 4.72 Å². The van der Waals surface area contributed by atoms with Crippen LogP contribution in [0.4, 0.5) is 11.6 Å². The van der Waals surface area contributed by atoms with E-state index < -0.39 is 25.5 Å². The molecule has 1 heterocycles. The summed E-state index contributed by atoms with van der Waals surface area (Å²) in [6.45, 7) is 0. The topological polar surface area (TPSA) is 115 Å². The van der Waals surface area contributed by atoms with Crippen LogP contribution in [0.2, 0.25) is 10.2 Å². The van der Waals surface area contributed by atoms with Crippen molar-refractivity contribution < 1.29 is 13.3 Å². The SMILES string of the molecule is O=[N+]([O-])c1cc(Cl)ccc1S(=O)(=O)Nc1nccc(Cl)n1. The Bertz CT molecular complexity index is 812. The zero-order valence-electron chi connectivity index (χ0n) is 10.0. The molecule has 0 aliphatic heterocycles. The van der Waals surface area contributed by atoms with E-state index in [4.69, 9.17) is 23.2 Å². The van der Waals surface area contributed by atoms with Gasteiger partial charge in [-0.3, -0.25) is 10.1 Å². The first-order valence-corrected chi connectivity index (χ1v) is 7.49. The molecule has 110 valence electrons. The summed E-state index contributed by atoms with van der Waals surface area (Å²) in [5, 5.41) is 11.0. The van der Waals surface area contributed by atoms with Crippen molar-refractivity contribution in [1.82, 2.24) is 9.97 Å². The van der Waals surface area contributed by atoms with Crippen LogP contribution in [0.5, 0.6) is 0 Å². The van der Waals surface area contributed by atoms with Gasteiger partial charge in [-0.2, -0.15) is 0 Å². The van der Waals surface area contributed by atoms with E-state index in [0.29, 0.717) is 0 Å². The van der Waals surface area contributed by atoms with Crippen molar-refractivity contribution in [2.45, 2.75) is 4.90 Å². The Morgan fingerprint density at radius 1 is 1.24 bits per heavy atom. The average molecular weight is 349 g/mol. The number of aromatic nitrogens is 2. The Morgan fingerprint density at radius 3 is 2.57 bits per heavy atom. The molecule has 0 amide bonds. The van der Waals surface area contributed by atoms with Gasteiger partial charge in [-0.1, -0.05) is 23.2 Å². The van der Waals surface area contributed by atoms with E-state index in [1.807, 2.05) is 4.72 Å². The molecular weight excluding hydrogens is 343 g/mol. The van der Waals surface area contributed by atoms with Gasteiger partial charge < -0.3 is 0 Å². The molecule has 11 heteroatoms. The van der Waals surface area contributed by atoms with E-state index in [2.05, 4.69) is 9.97 Å². The Labute approximate surface area is 128 Å². The van der Waals surface area contributed by atoms with E-state index in [1.165, 1.54) is 18.3 Å². The third-order valence-electron chi connectivity index (χ3n) is 2.25. The van der Waals surface area contributed by atoms with Gasteiger partial charge in [0, 0.05) is 17.3 Å². The summed E-state index contributed by atoms with van der Waals surface area (Å²) in [6.07, 6.45) is 1.24. The highest BCUT2D eigenvalue weighted by Gasteiger charge is 2.26. The van der Waals surface area contributed by atoms with Gasteiger partial charge >= 0.3 is 0 Å². The molecule has 0 saturated heterocycles. The number of nitrogens with zero attached hydrogens (tertiary/aromatic N) is 3. The molecule has 2 rings (SSSR count). The van der Waals surface area contributed by atoms with Crippen LogP contribution in [-0.2, 0) is 10.0 Å². The van der Waals surface area contributed by atoms with Crippen molar-refractivity contribution in [1.29, 1.82) is 0 Å². The van der Waals surface area contributed by atoms with Crippen molar-refractivity contribution in [2.24, 2.45) is 0 Å². The molecule has 0 aliphatic carbocycles. The fourth-order valence-corrected chi connectivity index (χ4v) is 2.83. The maximum Gasteiger partial charge on any atom is 0.291 e. The van der Waals surface area contributed by atoms with Gasteiger partial charge in [-0.05, 0) is 18.2 Å². The van der Waals surface area contributed by atoms with E-state index in [-0.39, 0.29) is 16.1 Å². The summed E-state index contributed by atoms with van der Waals surface area (Å²) in [6, 6.07) is 4.54. The summed E-state index contributed by atoms with van der Waals surface area (Å²) in [4.78, 5) is 16.8. The second kappa shape index (κ2) is 5.80. The lowest BCUT2D eigenvalue weighted by Gasteiger charge is -2.07. The Morgan fingerprint density at radius 2 is 1.95 bits per heavy atom. The fraction of sp³-hybridized carbons (Fsp3) is 0. The lowest BCUT2D eigenvalue weighted by atomic mass is 10.3. The Hall–Kier alpha value is -1.97. The Balaban J connectivity index is 2.47. The number of benzene rings is 1. The average Bonchev–Trinajstić information content (AvgIpc) is 2.37. The van der Waals surface area contributed by atoms with Crippen LogP contribution >= 0.6 is 23.2 Å². The third kappa shape index (κ3) is 3.57. The molecule has 0 radical (unpaired) electrons. The maximum atomic E-state index is 12.2. The fourth-order valence-electron chi connectivity index (χ4n) is 1.42. The number of hydrogen-bond acceptors (Lipinski definition) is 6. The van der Waals surface area contributed by atoms with Gasteiger partial charge in [0.25, 0.3) is 15.7 Å². The molecule has 2 aromatic rings. The lowest BCUT2D eigenvalue weighted by molar-refractivity contribution is -0.387. The molecule has 8 nitrogen and oxygen atoms in total. The molecule has 0 bridgehead atoms. The minimum absolute atomic E-state index is 0.0216. The number of rotatable bonds is 4. The van der Waals surface area contributed by atoms with Crippen LogP contribution in [0.1, 0.15) is 0 Å². The van der Waals surface area contributed by atoms with Crippen LogP contribution in [0.25, 0.3) is 0 Å². The van der Waals surface area contributed by atoms with Crippen LogP contribution in [-0.4, -0.2) is 23.3 Å². The van der Waals surface area contributed by atoms with Crippen LogP contribution in [0.15, 0.2) is 35.4 Å². The van der Waals surface area contributed by atoms with E-state index in [9.17, 15) is 18.5 Å². The van der Waals surface area contributed by atoms with Crippen molar-refractivity contribution >= 4 is 44.9 Å². The van der Waals surface area contributed by atoms with Crippen LogP contribution < -0.4 is 4.72 Å². The Kier molecular flexibility index (Phi) is 4.26. The van der Waals surface area contributed by atoms with Crippen LogP contribution in [0, 0.1) is 10.1 Å². The molecule has 0 saturated carbocycles. The number of nitro benzene ring substituents is 1. The van der Waals surface area contributed by atoms with Crippen molar-refractivity contribution in [3.05, 3.63) is 50.8 Å². The minimum atomic E-state index is -4.26. The molecule has 21 heavy (non-hydrogen) atoms. The molecule has 1 N–H and O–H groups in total. The first kappa shape index (κ1) is 15.4. The first-order valence-electron chi connectivity index (χ1n) is 5.25. The largest absolute Gasteiger partial charge is 0.291 e. The monoisotopic (exact) mass is 348 g/mol. The smallest absolute Gasteiger partial charge is 0.258 e. The number of anilines is 1. The van der Waals surface area contributed by atoms with Crippen LogP contribution in [0.3, 0.4) is 0 Å². The standard InChI is InChI=1S/C10H6Cl2N4O4S/c11-6-1-2-8(7(5-6)16(17)18)21(19,20)15-10-13-4-3-9(12)14-10/h1-5H,(H,13,14,15). The second-order valence-corrected chi connectivity index (χ2v) is 6.15. The molecule has 1 aromatic carbocycles. The normalized spacial score (nSPS) is 11.1. The molecule has 0 fully saturated rings. The highest BCUT2D eigenvalue weighted by Crippen LogP contribution is 2.28. The van der Waals surface area contributed by atoms with E-state index in [1.54, 1.807) is 0 Å². The molecule has 0 spiro atoms. The number of sulfonamides is 1. The predicted molar refractivity (Wildman–Crippen MR) is 76.0 cm³/mol. The summed E-state index contributed by atoms with van der Waals surface area (Å²) in [5.74, 6) is -0.299. The first-order chi connectivity index (χ1) is 9.79. The van der Waals surface area contributed by atoms with Gasteiger partial charge in [0.1, 0.15) is 5.15 Å². The van der Waals surface area contributed by atoms with Gasteiger partial charge in [0.05, 0.1) is 4.92 Å². The minimum Gasteiger partial charge on any atom is -0.258 e. The quantitative estimate of drug-likeness (QED) is 0.515. The summed E-state index contributed by atoms with van der Waals surface area (Å²) in [7, 11) is -4.26. The zero-order chi connectivity index (χ0) is 15.6. The lowest BCUT2D eigenvalue weighted by Crippen LogP contribution is -2.16. The van der Waals surface area contributed by atoms with E-state index in [0.717, 1.165) is 12.1 Å². The van der Waals surface area contributed by atoms with E-state index >= 15 is 0 Å². The van der Waals surface area contributed by atoms with Crippen molar-refractivity contribution in [3.63, 3.8) is 0 Å². The van der Waals surface area contributed by atoms with Gasteiger partial charge in [-0.15, -0.1) is 0 Å².